The van der Waals surface area contributed by atoms with Crippen LogP contribution in [0.15, 0.2) is 0 Å². The fourth-order valence-corrected chi connectivity index (χ4v) is 2.37. The highest BCUT2D eigenvalue weighted by molar-refractivity contribution is 4.96. The average molecular weight is 202 g/mol. The lowest BCUT2D eigenvalue weighted by Gasteiger charge is -2.21. The highest BCUT2D eigenvalue weighted by atomic mass is 16.8. The first kappa shape index (κ1) is 9.06. The highest BCUT2D eigenvalue weighted by Crippen LogP contribution is 2.44. The van der Waals surface area contributed by atoms with Gasteiger partial charge in [0.2, 0.25) is 0 Å². The molecule has 3 rings (SSSR count). The molecule has 3 fully saturated rings. The van der Waals surface area contributed by atoms with Gasteiger partial charge >= 0.3 is 0 Å². The Bertz CT molecular complexity index is 254. The molecule has 0 aromatic rings. The van der Waals surface area contributed by atoms with Crippen molar-refractivity contribution >= 4 is 0 Å². The third-order valence-electron chi connectivity index (χ3n) is 2.96. The van der Waals surface area contributed by atoms with Crippen LogP contribution in [-0.2, 0) is 18.9 Å². The second-order valence-corrected chi connectivity index (χ2v) is 4.46. The van der Waals surface area contributed by atoms with E-state index in [0.29, 0.717) is 6.61 Å². The van der Waals surface area contributed by atoms with Crippen molar-refractivity contribution in [3.05, 3.63) is 0 Å². The molecule has 0 spiro atoms. The average Bonchev–Trinajstić information content (AvgIpc) is 2.63. The van der Waals surface area contributed by atoms with Gasteiger partial charge in [0.25, 0.3) is 0 Å². The maximum Gasteiger partial charge on any atom is 0.188 e. The molecule has 3 aliphatic rings. The number of hydrogen-bond donors (Lipinski definition) is 1. The fraction of sp³-hybridized carbons (Fsp3) is 1.00. The van der Waals surface area contributed by atoms with E-state index in [0.717, 1.165) is 0 Å². The fourth-order valence-electron chi connectivity index (χ4n) is 2.37. The molecule has 0 aliphatic carbocycles. The van der Waals surface area contributed by atoms with Crippen molar-refractivity contribution in [2.24, 2.45) is 5.92 Å². The molecule has 0 amide bonds. The van der Waals surface area contributed by atoms with Crippen LogP contribution in [-0.4, -0.2) is 42.3 Å². The Morgan fingerprint density at radius 3 is 2.79 bits per heavy atom. The summed E-state index contributed by atoms with van der Waals surface area (Å²) in [5.41, 5.74) is 0. The third kappa shape index (κ3) is 1.14. The van der Waals surface area contributed by atoms with Crippen molar-refractivity contribution in [2.75, 3.05) is 6.61 Å². The van der Waals surface area contributed by atoms with Crippen molar-refractivity contribution in [2.45, 2.75) is 44.4 Å². The van der Waals surface area contributed by atoms with Crippen molar-refractivity contribution < 1.29 is 24.1 Å². The van der Waals surface area contributed by atoms with E-state index in [9.17, 15) is 5.11 Å². The van der Waals surface area contributed by atoms with Crippen LogP contribution in [0.4, 0.5) is 0 Å². The molecule has 3 aliphatic heterocycles. The minimum Gasteiger partial charge on any atom is -0.366 e. The summed E-state index contributed by atoms with van der Waals surface area (Å²) in [4.78, 5) is 0. The van der Waals surface area contributed by atoms with Crippen LogP contribution in [0.2, 0.25) is 0 Å². The van der Waals surface area contributed by atoms with Gasteiger partial charge in [-0.25, -0.2) is 0 Å². The molecule has 5 heteroatoms. The summed E-state index contributed by atoms with van der Waals surface area (Å²) in [6.07, 6.45) is -1.58. The molecule has 5 atom stereocenters. The van der Waals surface area contributed by atoms with E-state index in [-0.39, 0.29) is 24.4 Å². The maximum atomic E-state index is 9.43. The summed E-state index contributed by atoms with van der Waals surface area (Å²) < 4.78 is 21.9. The van der Waals surface area contributed by atoms with E-state index >= 15 is 0 Å². The monoisotopic (exact) mass is 202 g/mol. The number of fused-ring (bicyclic) bond motifs is 3. The molecule has 0 radical (unpaired) electrons. The van der Waals surface area contributed by atoms with Crippen LogP contribution in [0.3, 0.4) is 0 Å². The molecule has 0 aromatic heterocycles. The second-order valence-electron chi connectivity index (χ2n) is 4.46. The lowest BCUT2D eigenvalue weighted by Crippen LogP contribution is -2.31. The van der Waals surface area contributed by atoms with Gasteiger partial charge in [-0.1, -0.05) is 0 Å². The Morgan fingerprint density at radius 2 is 2.00 bits per heavy atom. The van der Waals surface area contributed by atoms with Gasteiger partial charge in [-0.05, 0) is 13.8 Å². The Hall–Kier alpha value is -0.200. The van der Waals surface area contributed by atoms with Gasteiger partial charge < -0.3 is 24.1 Å². The standard InChI is InChI=1S/C9H14O5/c1-9(2)13-6-4-3-11-7(10)5(4)12-8(6)14-9/h4-8,10H,3H2,1-2H3. The smallest absolute Gasteiger partial charge is 0.188 e. The molecule has 0 saturated carbocycles. The van der Waals surface area contributed by atoms with Crippen LogP contribution in [0, 0.1) is 5.92 Å². The van der Waals surface area contributed by atoms with Crippen molar-refractivity contribution in [3.63, 3.8) is 0 Å². The van der Waals surface area contributed by atoms with Gasteiger partial charge in [0.05, 0.1) is 6.61 Å². The molecular formula is C9H14O5. The van der Waals surface area contributed by atoms with Gasteiger partial charge in [-0.2, -0.15) is 0 Å². The molecule has 0 bridgehead atoms. The van der Waals surface area contributed by atoms with E-state index < -0.39 is 12.1 Å². The predicted molar refractivity (Wildman–Crippen MR) is 44.1 cm³/mol. The van der Waals surface area contributed by atoms with Crippen molar-refractivity contribution in [3.8, 4) is 0 Å². The zero-order chi connectivity index (χ0) is 9.92. The van der Waals surface area contributed by atoms with E-state index in [1.165, 1.54) is 0 Å². The zero-order valence-corrected chi connectivity index (χ0v) is 8.17. The second kappa shape index (κ2) is 2.68. The summed E-state index contributed by atoms with van der Waals surface area (Å²) in [6, 6.07) is 0. The molecule has 1 N–H and O–H groups in total. The van der Waals surface area contributed by atoms with E-state index in [1.807, 2.05) is 13.8 Å². The molecule has 5 nitrogen and oxygen atoms in total. The minimum atomic E-state index is -0.832. The van der Waals surface area contributed by atoms with Crippen LogP contribution in [0.5, 0.6) is 0 Å². The topological polar surface area (TPSA) is 57.2 Å². The van der Waals surface area contributed by atoms with E-state index in [1.54, 1.807) is 0 Å². The quantitative estimate of drug-likeness (QED) is 0.591. The van der Waals surface area contributed by atoms with Crippen LogP contribution in [0.25, 0.3) is 0 Å². The Kier molecular flexibility index (Phi) is 1.73. The van der Waals surface area contributed by atoms with Gasteiger partial charge in [0, 0.05) is 5.92 Å². The van der Waals surface area contributed by atoms with Crippen molar-refractivity contribution in [1.29, 1.82) is 0 Å². The lowest BCUT2D eigenvalue weighted by molar-refractivity contribution is -0.226. The molecule has 14 heavy (non-hydrogen) atoms. The number of rotatable bonds is 0. The highest BCUT2D eigenvalue weighted by Gasteiger charge is 2.59. The van der Waals surface area contributed by atoms with E-state index in [4.69, 9.17) is 18.9 Å². The van der Waals surface area contributed by atoms with E-state index in [2.05, 4.69) is 0 Å². The molecule has 5 unspecified atom stereocenters. The molecule has 3 saturated heterocycles. The maximum absolute atomic E-state index is 9.43. The molecular weight excluding hydrogens is 188 g/mol. The van der Waals surface area contributed by atoms with Gasteiger partial charge in [0.15, 0.2) is 18.4 Å². The van der Waals surface area contributed by atoms with Gasteiger partial charge in [-0.3, -0.25) is 0 Å². The Balaban J connectivity index is 1.80. The third-order valence-corrected chi connectivity index (χ3v) is 2.96. The first-order valence-corrected chi connectivity index (χ1v) is 4.88. The summed E-state index contributed by atoms with van der Waals surface area (Å²) in [6.45, 7) is 4.19. The lowest BCUT2D eigenvalue weighted by atomic mass is 10.0. The minimum absolute atomic E-state index is 0.0942. The summed E-state index contributed by atoms with van der Waals surface area (Å²) in [5.74, 6) is -0.495. The predicted octanol–water partition coefficient (Wildman–Crippen LogP) is -0.172. The van der Waals surface area contributed by atoms with Crippen LogP contribution >= 0.6 is 0 Å². The number of aliphatic hydroxyl groups is 1. The van der Waals surface area contributed by atoms with Gasteiger partial charge in [0.1, 0.15) is 12.2 Å². The van der Waals surface area contributed by atoms with Gasteiger partial charge in [-0.15, -0.1) is 0 Å². The molecule has 80 valence electrons. The van der Waals surface area contributed by atoms with Crippen LogP contribution in [0.1, 0.15) is 13.8 Å². The van der Waals surface area contributed by atoms with Crippen molar-refractivity contribution in [1.82, 2.24) is 0 Å². The number of ether oxygens (including phenoxy) is 4. The summed E-state index contributed by atoms with van der Waals surface area (Å²) >= 11 is 0. The molecule has 3 heterocycles. The number of aliphatic hydroxyl groups excluding tert-OH is 1. The SMILES string of the molecule is CC1(C)OC2OC3C(O)OCC3C2O1. The Morgan fingerprint density at radius 1 is 1.21 bits per heavy atom. The first-order chi connectivity index (χ1) is 6.57. The zero-order valence-electron chi connectivity index (χ0n) is 8.17. The first-order valence-electron chi connectivity index (χ1n) is 4.88. The molecule has 0 aromatic carbocycles. The van der Waals surface area contributed by atoms with Crippen LogP contribution < -0.4 is 0 Å². The summed E-state index contributed by atoms with van der Waals surface area (Å²) in [5, 5.41) is 9.43. The normalized spacial score (nSPS) is 54.6. The number of hydrogen-bond acceptors (Lipinski definition) is 5. The summed E-state index contributed by atoms with van der Waals surface area (Å²) in [7, 11) is 0. The Labute approximate surface area is 81.9 Å². The largest absolute Gasteiger partial charge is 0.366 e.